The maximum absolute atomic E-state index is 12.5. The Balaban J connectivity index is 2.38. The first-order valence-electron chi connectivity index (χ1n) is 10.7. The molecule has 0 spiro atoms. The smallest absolute Gasteiger partial charge is 0.325 e. The number of nitrogens with one attached hydrogen (secondary N) is 2. The van der Waals surface area contributed by atoms with Crippen molar-refractivity contribution in [2.75, 3.05) is 13.2 Å². The second kappa shape index (κ2) is 14.6. The van der Waals surface area contributed by atoms with Crippen LogP contribution >= 0.6 is 0 Å². The minimum Gasteiger partial charge on any atom is -0.464 e. The Morgan fingerprint density at radius 3 is 2.28 bits per heavy atom. The summed E-state index contributed by atoms with van der Waals surface area (Å²) in [7, 11) is 0. The van der Waals surface area contributed by atoms with Gasteiger partial charge in [0.15, 0.2) is 0 Å². The molecule has 1 atom stereocenters. The SMILES string of the molecule is CCCCCCCCOC(=O)CNC(=O)C(CC(C)C)NC(=O)c1ccccc1. The van der Waals surface area contributed by atoms with E-state index in [1.807, 2.05) is 19.9 Å². The Kier molecular flexibility index (Phi) is 12.4. The molecule has 29 heavy (non-hydrogen) atoms. The van der Waals surface area contributed by atoms with Crippen LogP contribution in [0.3, 0.4) is 0 Å². The van der Waals surface area contributed by atoms with Crippen molar-refractivity contribution in [3.8, 4) is 0 Å². The van der Waals surface area contributed by atoms with Crippen LogP contribution in [0.15, 0.2) is 30.3 Å². The van der Waals surface area contributed by atoms with Gasteiger partial charge in [-0.15, -0.1) is 0 Å². The predicted molar refractivity (Wildman–Crippen MR) is 114 cm³/mol. The van der Waals surface area contributed by atoms with Gasteiger partial charge in [0.25, 0.3) is 5.91 Å². The number of benzene rings is 1. The second-order valence-corrected chi connectivity index (χ2v) is 7.73. The largest absolute Gasteiger partial charge is 0.464 e. The predicted octanol–water partition coefficient (Wildman–Crippen LogP) is 3.85. The van der Waals surface area contributed by atoms with Crippen LogP contribution in [0.5, 0.6) is 0 Å². The maximum atomic E-state index is 12.5. The molecule has 0 radical (unpaired) electrons. The van der Waals surface area contributed by atoms with Crippen LogP contribution in [0.25, 0.3) is 0 Å². The number of hydrogen-bond acceptors (Lipinski definition) is 4. The average molecular weight is 405 g/mol. The molecule has 0 saturated heterocycles. The van der Waals surface area contributed by atoms with Crippen LogP contribution in [0, 0.1) is 5.92 Å². The lowest BCUT2D eigenvalue weighted by molar-refractivity contribution is -0.144. The molecule has 0 aliphatic heterocycles. The van der Waals surface area contributed by atoms with Gasteiger partial charge in [0.05, 0.1) is 6.61 Å². The molecular weight excluding hydrogens is 368 g/mol. The summed E-state index contributed by atoms with van der Waals surface area (Å²) in [6, 6.07) is 8.05. The van der Waals surface area contributed by atoms with Crippen molar-refractivity contribution < 1.29 is 19.1 Å². The number of amides is 2. The Labute approximate surface area is 174 Å². The first-order valence-corrected chi connectivity index (χ1v) is 10.7. The highest BCUT2D eigenvalue weighted by Gasteiger charge is 2.23. The third-order valence-corrected chi connectivity index (χ3v) is 4.53. The quantitative estimate of drug-likeness (QED) is 0.364. The van der Waals surface area contributed by atoms with Gasteiger partial charge in [-0.2, -0.15) is 0 Å². The monoisotopic (exact) mass is 404 g/mol. The van der Waals surface area contributed by atoms with E-state index in [0.29, 0.717) is 18.6 Å². The molecule has 1 rings (SSSR count). The summed E-state index contributed by atoms with van der Waals surface area (Å²) in [5.41, 5.74) is 0.493. The molecule has 0 aliphatic rings. The Morgan fingerprint density at radius 2 is 1.62 bits per heavy atom. The molecule has 6 nitrogen and oxygen atoms in total. The molecule has 2 amide bonds. The fourth-order valence-corrected chi connectivity index (χ4v) is 2.94. The van der Waals surface area contributed by atoms with Gasteiger partial charge in [0.1, 0.15) is 12.6 Å². The molecule has 0 bridgehead atoms. The zero-order chi connectivity index (χ0) is 21.5. The molecule has 0 saturated carbocycles. The van der Waals surface area contributed by atoms with E-state index in [-0.39, 0.29) is 24.3 Å². The lowest BCUT2D eigenvalue weighted by Crippen LogP contribution is -2.48. The molecule has 0 aromatic heterocycles. The van der Waals surface area contributed by atoms with Crippen LogP contribution < -0.4 is 10.6 Å². The van der Waals surface area contributed by atoms with E-state index in [1.165, 1.54) is 19.3 Å². The second-order valence-electron chi connectivity index (χ2n) is 7.73. The third kappa shape index (κ3) is 11.3. The van der Waals surface area contributed by atoms with E-state index < -0.39 is 12.0 Å². The molecule has 6 heteroatoms. The molecule has 1 aromatic carbocycles. The number of rotatable bonds is 14. The number of unbranched alkanes of at least 4 members (excludes halogenated alkanes) is 5. The maximum Gasteiger partial charge on any atom is 0.325 e. The molecule has 1 aromatic rings. The minimum absolute atomic E-state index is 0.190. The van der Waals surface area contributed by atoms with Gasteiger partial charge >= 0.3 is 5.97 Å². The lowest BCUT2D eigenvalue weighted by atomic mass is 10.0. The Bertz CT molecular complexity index is 617. The van der Waals surface area contributed by atoms with E-state index >= 15 is 0 Å². The first kappa shape index (κ1) is 24.7. The van der Waals surface area contributed by atoms with E-state index in [0.717, 1.165) is 19.3 Å². The van der Waals surface area contributed by atoms with Crippen molar-refractivity contribution in [2.45, 2.75) is 71.8 Å². The molecule has 0 heterocycles. The van der Waals surface area contributed by atoms with Crippen molar-refractivity contribution >= 4 is 17.8 Å². The van der Waals surface area contributed by atoms with E-state index in [4.69, 9.17) is 4.74 Å². The summed E-state index contributed by atoms with van der Waals surface area (Å²) >= 11 is 0. The molecule has 0 aliphatic carbocycles. The minimum atomic E-state index is -0.700. The highest BCUT2D eigenvalue weighted by molar-refractivity contribution is 5.97. The van der Waals surface area contributed by atoms with Gasteiger partial charge < -0.3 is 15.4 Å². The molecule has 162 valence electrons. The van der Waals surface area contributed by atoms with E-state index in [1.54, 1.807) is 24.3 Å². The first-order chi connectivity index (χ1) is 13.9. The van der Waals surface area contributed by atoms with Gasteiger partial charge in [0, 0.05) is 5.56 Å². The summed E-state index contributed by atoms with van der Waals surface area (Å²) in [6.07, 6.45) is 7.18. The van der Waals surface area contributed by atoms with Crippen molar-refractivity contribution in [1.29, 1.82) is 0 Å². The standard InChI is InChI=1S/C23H36N2O4/c1-4-5-6-7-8-12-15-29-21(26)17-24-23(28)20(16-18(2)3)25-22(27)19-13-10-9-11-14-19/h9-11,13-14,18,20H,4-8,12,15-17H2,1-3H3,(H,24,28)(H,25,27). The normalized spacial score (nSPS) is 11.7. The van der Waals surface area contributed by atoms with Crippen molar-refractivity contribution in [2.24, 2.45) is 5.92 Å². The fourth-order valence-electron chi connectivity index (χ4n) is 2.94. The fraction of sp³-hybridized carbons (Fsp3) is 0.609. The number of esters is 1. The summed E-state index contributed by atoms with van der Waals surface area (Å²) in [6.45, 7) is 6.31. The summed E-state index contributed by atoms with van der Waals surface area (Å²) in [4.78, 5) is 36.7. The third-order valence-electron chi connectivity index (χ3n) is 4.53. The highest BCUT2D eigenvalue weighted by atomic mass is 16.5. The van der Waals surface area contributed by atoms with E-state index in [9.17, 15) is 14.4 Å². The molecule has 0 fully saturated rings. The highest BCUT2D eigenvalue weighted by Crippen LogP contribution is 2.07. The average Bonchev–Trinajstić information content (AvgIpc) is 2.71. The Hall–Kier alpha value is -2.37. The molecule has 1 unspecified atom stereocenters. The van der Waals surface area contributed by atoms with Crippen LogP contribution in [0.4, 0.5) is 0 Å². The van der Waals surface area contributed by atoms with Crippen LogP contribution in [-0.2, 0) is 14.3 Å². The van der Waals surface area contributed by atoms with Gasteiger partial charge in [-0.1, -0.05) is 71.1 Å². The number of carbonyl (C=O) groups is 3. The van der Waals surface area contributed by atoms with Crippen molar-refractivity contribution in [1.82, 2.24) is 10.6 Å². The molecular formula is C23H36N2O4. The molecule has 2 N–H and O–H groups in total. The zero-order valence-corrected chi connectivity index (χ0v) is 18.0. The number of ether oxygens (including phenoxy) is 1. The van der Waals surface area contributed by atoms with Gasteiger partial charge in [-0.3, -0.25) is 14.4 Å². The van der Waals surface area contributed by atoms with Crippen molar-refractivity contribution in [3.05, 3.63) is 35.9 Å². The Morgan fingerprint density at radius 1 is 0.966 bits per heavy atom. The summed E-state index contributed by atoms with van der Waals surface area (Å²) in [5, 5.41) is 5.35. The van der Waals surface area contributed by atoms with Crippen LogP contribution in [-0.4, -0.2) is 37.0 Å². The summed E-state index contributed by atoms with van der Waals surface area (Å²) in [5.74, 6) is -0.928. The summed E-state index contributed by atoms with van der Waals surface area (Å²) < 4.78 is 5.17. The van der Waals surface area contributed by atoms with Gasteiger partial charge in [-0.05, 0) is 30.9 Å². The van der Waals surface area contributed by atoms with Gasteiger partial charge in [-0.25, -0.2) is 0 Å². The lowest BCUT2D eigenvalue weighted by Gasteiger charge is -2.20. The van der Waals surface area contributed by atoms with E-state index in [2.05, 4.69) is 17.6 Å². The topological polar surface area (TPSA) is 84.5 Å². The van der Waals surface area contributed by atoms with Gasteiger partial charge in [0.2, 0.25) is 5.91 Å². The van der Waals surface area contributed by atoms with Crippen LogP contribution in [0.1, 0.15) is 76.1 Å². The van der Waals surface area contributed by atoms with Crippen molar-refractivity contribution in [3.63, 3.8) is 0 Å². The number of carbonyl (C=O) groups excluding carboxylic acids is 3. The zero-order valence-electron chi connectivity index (χ0n) is 18.0. The number of hydrogen-bond donors (Lipinski definition) is 2. The van der Waals surface area contributed by atoms with Crippen LogP contribution in [0.2, 0.25) is 0 Å².